The maximum Gasteiger partial charge on any atom is 0.416 e. The monoisotopic (exact) mass is 423 g/mol. The maximum atomic E-state index is 12.9. The molecule has 2 aromatic carbocycles. The molecule has 1 heterocycles. The molecule has 0 aromatic heterocycles. The molecule has 9 heteroatoms. The Bertz CT molecular complexity index is 992. The number of aliphatic hydroxyl groups excluding tert-OH is 1. The van der Waals surface area contributed by atoms with Gasteiger partial charge in [0.2, 0.25) is 5.91 Å². The first-order valence-electron chi connectivity index (χ1n) is 8.89. The lowest BCUT2D eigenvalue weighted by atomic mass is 9.97. The van der Waals surface area contributed by atoms with Crippen LogP contribution in [0.4, 0.5) is 18.0 Å². The number of ether oxygens (including phenoxy) is 1. The Balaban J connectivity index is 1.56. The molecule has 0 saturated carbocycles. The van der Waals surface area contributed by atoms with Gasteiger partial charge in [0.15, 0.2) is 0 Å². The SMILES string of the molecule is O=C1NC(=O)C([C@@H]2CCc3cc(Oc4ccc(C(F)(F)F)cc4CO)ccc32)S1. The summed E-state index contributed by atoms with van der Waals surface area (Å²) in [4.78, 5) is 23.4. The van der Waals surface area contributed by atoms with E-state index in [1.165, 1.54) is 6.07 Å². The van der Waals surface area contributed by atoms with E-state index >= 15 is 0 Å². The molecule has 2 aliphatic rings. The van der Waals surface area contributed by atoms with E-state index in [1.54, 1.807) is 12.1 Å². The van der Waals surface area contributed by atoms with Gasteiger partial charge in [-0.1, -0.05) is 17.8 Å². The second kappa shape index (κ2) is 7.38. The molecule has 2 amide bonds. The van der Waals surface area contributed by atoms with Crippen LogP contribution in [-0.4, -0.2) is 21.5 Å². The molecule has 0 spiro atoms. The third-order valence-electron chi connectivity index (χ3n) is 5.11. The Kier molecular flexibility index (Phi) is 5.04. The van der Waals surface area contributed by atoms with Gasteiger partial charge in [-0.05, 0) is 54.3 Å². The number of benzene rings is 2. The summed E-state index contributed by atoms with van der Waals surface area (Å²) in [5.74, 6) is 0.217. The Labute approximate surface area is 168 Å². The lowest BCUT2D eigenvalue weighted by Crippen LogP contribution is -2.27. The highest BCUT2D eigenvalue weighted by Crippen LogP contribution is 2.43. The zero-order valence-electron chi connectivity index (χ0n) is 15.0. The molecule has 1 unspecified atom stereocenters. The minimum Gasteiger partial charge on any atom is -0.457 e. The summed E-state index contributed by atoms with van der Waals surface area (Å²) in [5, 5.41) is 10.9. The predicted octanol–water partition coefficient (Wildman–Crippen LogP) is 4.37. The number of nitrogens with one attached hydrogen (secondary N) is 1. The van der Waals surface area contributed by atoms with Crippen LogP contribution in [0.25, 0.3) is 0 Å². The predicted molar refractivity (Wildman–Crippen MR) is 99.9 cm³/mol. The Morgan fingerprint density at radius 1 is 1.17 bits per heavy atom. The summed E-state index contributed by atoms with van der Waals surface area (Å²) in [6.45, 7) is -0.589. The smallest absolute Gasteiger partial charge is 0.416 e. The van der Waals surface area contributed by atoms with E-state index in [9.17, 15) is 27.9 Å². The van der Waals surface area contributed by atoms with Gasteiger partial charge in [-0.2, -0.15) is 13.2 Å². The van der Waals surface area contributed by atoms with E-state index < -0.39 is 23.6 Å². The van der Waals surface area contributed by atoms with Crippen molar-refractivity contribution in [3.05, 3.63) is 58.7 Å². The first-order valence-corrected chi connectivity index (χ1v) is 9.77. The van der Waals surface area contributed by atoms with Gasteiger partial charge in [-0.3, -0.25) is 14.9 Å². The van der Waals surface area contributed by atoms with Gasteiger partial charge in [0, 0.05) is 11.5 Å². The second-order valence-electron chi connectivity index (χ2n) is 6.90. The van der Waals surface area contributed by atoms with Crippen LogP contribution in [0.15, 0.2) is 36.4 Å². The molecule has 152 valence electrons. The van der Waals surface area contributed by atoms with Crippen LogP contribution in [0.5, 0.6) is 11.5 Å². The highest BCUT2D eigenvalue weighted by Gasteiger charge is 2.41. The first kappa shape index (κ1) is 19.8. The van der Waals surface area contributed by atoms with Crippen molar-refractivity contribution in [2.45, 2.75) is 36.8 Å². The van der Waals surface area contributed by atoms with Crippen molar-refractivity contribution in [3.8, 4) is 11.5 Å². The molecule has 1 aliphatic carbocycles. The van der Waals surface area contributed by atoms with E-state index in [1.807, 2.05) is 6.07 Å². The average Bonchev–Trinajstić information content (AvgIpc) is 3.22. The Morgan fingerprint density at radius 3 is 2.62 bits per heavy atom. The minimum atomic E-state index is -4.50. The number of thioether (sulfide) groups is 1. The summed E-state index contributed by atoms with van der Waals surface area (Å²) in [6, 6.07) is 8.25. The molecule has 0 radical (unpaired) electrons. The van der Waals surface area contributed by atoms with Gasteiger partial charge in [0.25, 0.3) is 5.24 Å². The highest BCUT2D eigenvalue weighted by molar-refractivity contribution is 8.15. The number of fused-ring (bicyclic) bond motifs is 1. The fourth-order valence-corrected chi connectivity index (χ4v) is 4.75. The number of aryl methyl sites for hydroxylation is 1. The van der Waals surface area contributed by atoms with Gasteiger partial charge in [-0.15, -0.1) is 0 Å². The van der Waals surface area contributed by atoms with E-state index in [0.29, 0.717) is 12.2 Å². The van der Waals surface area contributed by atoms with Crippen molar-refractivity contribution in [1.82, 2.24) is 5.32 Å². The molecule has 29 heavy (non-hydrogen) atoms. The number of halogens is 3. The number of aliphatic hydroxyl groups is 1. The van der Waals surface area contributed by atoms with Crippen molar-refractivity contribution in [2.24, 2.45) is 0 Å². The number of carbonyl (C=O) groups is 2. The number of carbonyl (C=O) groups excluding carboxylic acids is 2. The molecule has 2 aromatic rings. The number of alkyl halides is 3. The molecule has 1 fully saturated rings. The third kappa shape index (κ3) is 3.84. The van der Waals surface area contributed by atoms with Gasteiger partial charge in [0.05, 0.1) is 12.2 Å². The second-order valence-corrected chi connectivity index (χ2v) is 8.02. The first-order chi connectivity index (χ1) is 13.8. The number of hydrogen-bond acceptors (Lipinski definition) is 5. The van der Waals surface area contributed by atoms with Crippen LogP contribution in [0.1, 0.15) is 34.6 Å². The number of rotatable bonds is 4. The Hall–Kier alpha value is -2.52. The quantitative estimate of drug-likeness (QED) is 0.764. The molecule has 1 saturated heterocycles. The standard InChI is InChI=1S/C20H16F3NO4S/c21-20(22,23)12-2-6-16(11(7-12)9-25)28-13-3-5-14-10(8-13)1-4-15(14)17-18(26)24-19(27)29-17/h2-3,5-8,15,17,25H,1,4,9H2,(H,24,26,27)/t15-,17?/m1/s1. The van der Waals surface area contributed by atoms with Gasteiger partial charge in [0.1, 0.15) is 16.7 Å². The minimum absolute atomic E-state index is 0.0377. The summed E-state index contributed by atoms with van der Waals surface area (Å²) >= 11 is 0.999. The lowest BCUT2D eigenvalue weighted by Gasteiger charge is -2.16. The fraction of sp³-hybridized carbons (Fsp3) is 0.300. The number of amides is 2. The van der Waals surface area contributed by atoms with Crippen molar-refractivity contribution in [1.29, 1.82) is 0 Å². The van der Waals surface area contributed by atoms with Crippen molar-refractivity contribution in [2.75, 3.05) is 0 Å². The zero-order valence-corrected chi connectivity index (χ0v) is 15.8. The van der Waals surface area contributed by atoms with Crippen molar-refractivity contribution >= 4 is 22.9 Å². The fourth-order valence-electron chi connectivity index (χ4n) is 3.75. The van der Waals surface area contributed by atoms with Gasteiger partial charge >= 0.3 is 6.18 Å². The molecule has 1 aliphatic heterocycles. The maximum absolute atomic E-state index is 12.9. The molecular formula is C20H16F3NO4S. The molecule has 5 nitrogen and oxygen atoms in total. The summed E-state index contributed by atoms with van der Waals surface area (Å²) in [7, 11) is 0. The average molecular weight is 423 g/mol. The topological polar surface area (TPSA) is 75.6 Å². The van der Waals surface area contributed by atoms with Crippen LogP contribution < -0.4 is 10.1 Å². The van der Waals surface area contributed by atoms with E-state index in [2.05, 4.69) is 5.32 Å². The molecule has 4 rings (SSSR count). The van der Waals surface area contributed by atoms with E-state index in [-0.39, 0.29) is 28.4 Å². The molecule has 0 bridgehead atoms. The van der Waals surface area contributed by atoms with Gasteiger partial charge in [-0.25, -0.2) is 0 Å². The van der Waals surface area contributed by atoms with Crippen LogP contribution in [-0.2, 0) is 24.0 Å². The largest absolute Gasteiger partial charge is 0.457 e. The highest BCUT2D eigenvalue weighted by atomic mass is 32.2. The van der Waals surface area contributed by atoms with Crippen LogP contribution in [0.3, 0.4) is 0 Å². The van der Waals surface area contributed by atoms with Gasteiger partial charge < -0.3 is 9.84 Å². The van der Waals surface area contributed by atoms with Crippen LogP contribution in [0, 0.1) is 0 Å². The molecule has 2 atom stereocenters. The summed E-state index contributed by atoms with van der Waals surface area (Å²) in [6.07, 6.45) is -3.08. The number of hydrogen-bond donors (Lipinski definition) is 2. The zero-order chi connectivity index (χ0) is 20.8. The Morgan fingerprint density at radius 2 is 1.97 bits per heavy atom. The molecule has 2 N–H and O–H groups in total. The lowest BCUT2D eigenvalue weighted by molar-refractivity contribution is -0.137. The number of imide groups is 1. The van der Waals surface area contributed by atoms with Crippen molar-refractivity contribution in [3.63, 3.8) is 0 Å². The molecular weight excluding hydrogens is 407 g/mol. The third-order valence-corrected chi connectivity index (χ3v) is 6.22. The summed E-state index contributed by atoms with van der Waals surface area (Å²) in [5.41, 5.74) is 1.12. The summed E-state index contributed by atoms with van der Waals surface area (Å²) < 4.78 is 44.3. The van der Waals surface area contributed by atoms with E-state index in [0.717, 1.165) is 41.4 Å². The van der Waals surface area contributed by atoms with Crippen LogP contribution >= 0.6 is 11.8 Å². The van der Waals surface area contributed by atoms with E-state index in [4.69, 9.17) is 4.74 Å². The normalized spacial score (nSPS) is 21.2. The van der Waals surface area contributed by atoms with Crippen LogP contribution in [0.2, 0.25) is 0 Å². The van der Waals surface area contributed by atoms with Crippen molar-refractivity contribution < 1.29 is 32.6 Å².